The molecule has 6 nitrogen and oxygen atoms in total. The number of aromatic carboxylic acids is 1. The SMILES string of the molecule is O=C(O)c1ccc(-n2nccn2)c(O)c1. The Morgan fingerprint density at radius 2 is 1.93 bits per heavy atom. The lowest BCUT2D eigenvalue weighted by Crippen LogP contribution is -2.01. The number of benzene rings is 1. The van der Waals surface area contributed by atoms with Crippen LogP contribution in [0.3, 0.4) is 0 Å². The zero-order valence-corrected chi connectivity index (χ0v) is 7.53. The zero-order valence-electron chi connectivity index (χ0n) is 7.53. The molecular formula is C9H7N3O3. The molecule has 1 aromatic carbocycles. The molecule has 0 amide bonds. The van der Waals surface area contributed by atoms with E-state index in [1.807, 2.05) is 0 Å². The number of nitrogens with zero attached hydrogens (tertiary/aromatic N) is 3. The van der Waals surface area contributed by atoms with Gasteiger partial charge in [-0.3, -0.25) is 0 Å². The highest BCUT2D eigenvalue weighted by molar-refractivity contribution is 5.88. The van der Waals surface area contributed by atoms with Gasteiger partial charge in [0.15, 0.2) is 0 Å². The van der Waals surface area contributed by atoms with Gasteiger partial charge >= 0.3 is 5.97 Å². The highest BCUT2D eigenvalue weighted by atomic mass is 16.4. The van der Waals surface area contributed by atoms with Gasteiger partial charge in [-0.2, -0.15) is 10.2 Å². The van der Waals surface area contributed by atoms with Crippen molar-refractivity contribution >= 4 is 5.97 Å². The summed E-state index contributed by atoms with van der Waals surface area (Å²) < 4.78 is 0. The van der Waals surface area contributed by atoms with Gasteiger partial charge in [0, 0.05) is 0 Å². The quantitative estimate of drug-likeness (QED) is 0.752. The summed E-state index contributed by atoms with van der Waals surface area (Å²) >= 11 is 0. The summed E-state index contributed by atoms with van der Waals surface area (Å²) in [6, 6.07) is 3.97. The Kier molecular flexibility index (Phi) is 2.09. The molecule has 76 valence electrons. The number of aromatic hydroxyl groups is 1. The molecule has 0 aliphatic heterocycles. The molecule has 0 bridgehead atoms. The van der Waals surface area contributed by atoms with E-state index >= 15 is 0 Å². The molecule has 1 heterocycles. The molecule has 2 aromatic rings. The van der Waals surface area contributed by atoms with Gasteiger partial charge < -0.3 is 10.2 Å². The highest BCUT2D eigenvalue weighted by Crippen LogP contribution is 2.21. The van der Waals surface area contributed by atoms with Gasteiger partial charge in [0.1, 0.15) is 11.4 Å². The van der Waals surface area contributed by atoms with Crippen LogP contribution in [-0.4, -0.2) is 31.2 Å². The lowest BCUT2D eigenvalue weighted by atomic mass is 10.2. The Bertz CT molecular complexity index is 493. The Labute approximate surface area is 84.4 Å². The van der Waals surface area contributed by atoms with E-state index in [9.17, 15) is 9.90 Å². The van der Waals surface area contributed by atoms with Crippen LogP contribution in [0, 0.1) is 0 Å². The number of rotatable bonds is 2. The van der Waals surface area contributed by atoms with Crippen molar-refractivity contribution in [1.29, 1.82) is 0 Å². The molecule has 0 aliphatic carbocycles. The molecule has 15 heavy (non-hydrogen) atoms. The standard InChI is InChI=1S/C9H7N3O3/c13-8-5-6(9(14)15)1-2-7(8)12-10-3-4-11-12/h1-5,13H,(H,14,15). The van der Waals surface area contributed by atoms with E-state index < -0.39 is 5.97 Å². The van der Waals surface area contributed by atoms with Crippen LogP contribution in [0.2, 0.25) is 0 Å². The summed E-state index contributed by atoms with van der Waals surface area (Å²) in [5.41, 5.74) is 0.355. The maximum Gasteiger partial charge on any atom is 0.335 e. The molecule has 2 rings (SSSR count). The van der Waals surface area contributed by atoms with Crippen LogP contribution in [0.25, 0.3) is 5.69 Å². The molecule has 0 spiro atoms. The fourth-order valence-corrected chi connectivity index (χ4v) is 1.17. The molecule has 0 saturated heterocycles. The predicted octanol–water partition coefficient (Wildman–Crippen LogP) is 0.671. The minimum absolute atomic E-state index is 0.0170. The van der Waals surface area contributed by atoms with Crippen LogP contribution in [0.4, 0.5) is 0 Å². The van der Waals surface area contributed by atoms with Crippen molar-refractivity contribution in [3.8, 4) is 11.4 Å². The van der Waals surface area contributed by atoms with E-state index in [0.717, 1.165) is 6.07 Å². The van der Waals surface area contributed by atoms with E-state index in [1.165, 1.54) is 29.3 Å². The third-order valence-corrected chi connectivity index (χ3v) is 1.86. The summed E-state index contributed by atoms with van der Waals surface area (Å²) in [5, 5.41) is 25.9. The van der Waals surface area contributed by atoms with Crippen molar-refractivity contribution in [1.82, 2.24) is 15.0 Å². The lowest BCUT2D eigenvalue weighted by Gasteiger charge is -2.03. The molecule has 0 fully saturated rings. The molecule has 6 heteroatoms. The molecule has 0 aliphatic rings. The second kappa shape index (κ2) is 3.41. The van der Waals surface area contributed by atoms with Crippen molar-refractivity contribution in [2.24, 2.45) is 0 Å². The first-order valence-electron chi connectivity index (χ1n) is 4.11. The minimum atomic E-state index is -1.09. The monoisotopic (exact) mass is 205 g/mol. The number of phenols is 1. The third-order valence-electron chi connectivity index (χ3n) is 1.86. The Morgan fingerprint density at radius 3 is 2.47 bits per heavy atom. The first-order chi connectivity index (χ1) is 7.18. The third kappa shape index (κ3) is 1.64. The molecule has 0 unspecified atom stereocenters. The Hall–Kier alpha value is -2.37. The molecule has 0 radical (unpaired) electrons. The van der Waals surface area contributed by atoms with Crippen molar-refractivity contribution in [3.63, 3.8) is 0 Å². The normalized spacial score (nSPS) is 10.1. The van der Waals surface area contributed by atoms with Crippen molar-refractivity contribution < 1.29 is 15.0 Å². The van der Waals surface area contributed by atoms with Crippen LogP contribution < -0.4 is 0 Å². The van der Waals surface area contributed by atoms with Crippen LogP contribution in [0.1, 0.15) is 10.4 Å². The smallest absolute Gasteiger partial charge is 0.335 e. The number of aromatic nitrogens is 3. The van der Waals surface area contributed by atoms with E-state index in [1.54, 1.807) is 0 Å². The number of carboxylic acids is 1. The maximum absolute atomic E-state index is 10.6. The topological polar surface area (TPSA) is 88.2 Å². The van der Waals surface area contributed by atoms with Crippen LogP contribution in [0.15, 0.2) is 30.6 Å². The van der Waals surface area contributed by atoms with E-state index in [-0.39, 0.29) is 11.3 Å². The predicted molar refractivity (Wildman–Crippen MR) is 50.0 cm³/mol. The average Bonchev–Trinajstić information content (AvgIpc) is 2.70. The summed E-state index contributed by atoms with van der Waals surface area (Å²) in [6.07, 6.45) is 2.93. The summed E-state index contributed by atoms with van der Waals surface area (Å²) in [4.78, 5) is 11.8. The van der Waals surface area contributed by atoms with E-state index in [0.29, 0.717) is 5.69 Å². The number of hydrogen-bond acceptors (Lipinski definition) is 4. The minimum Gasteiger partial charge on any atom is -0.506 e. The van der Waals surface area contributed by atoms with Crippen LogP contribution in [-0.2, 0) is 0 Å². The first-order valence-corrected chi connectivity index (χ1v) is 4.11. The molecule has 2 N–H and O–H groups in total. The van der Waals surface area contributed by atoms with E-state index in [4.69, 9.17) is 5.11 Å². The fourth-order valence-electron chi connectivity index (χ4n) is 1.17. The second-order valence-electron chi connectivity index (χ2n) is 2.83. The number of carbonyl (C=O) groups is 1. The zero-order chi connectivity index (χ0) is 10.8. The second-order valence-corrected chi connectivity index (χ2v) is 2.83. The fraction of sp³-hybridized carbons (Fsp3) is 0. The number of phenolic OH excluding ortho intramolecular Hbond substituents is 1. The van der Waals surface area contributed by atoms with Gasteiger partial charge in [-0.05, 0) is 18.2 Å². The van der Waals surface area contributed by atoms with E-state index in [2.05, 4.69) is 10.2 Å². The summed E-state index contributed by atoms with van der Waals surface area (Å²) in [5.74, 6) is -1.27. The van der Waals surface area contributed by atoms with Crippen molar-refractivity contribution in [2.45, 2.75) is 0 Å². The van der Waals surface area contributed by atoms with Crippen LogP contribution >= 0.6 is 0 Å². The van der Waals surface area contributed by atoms with Gasteiger partial charge in [0.05, 0.1) is 18.0 Å². The largest absolute Gasteiger partial charge is 0.506 e. The van der Waals surface area contributed by atoms with Crippen molar-refractivity contribution in [2.75, 3.05) is 0 Å². The van der Waals surface area contributed by atoms with Gasteiger partial charge in [0.25, 0.3) is 0 Å². The Balaban J connectivity index is 2.48. The molecule has 1 aromatic heterocycles. The molecule has 0 atom stereocenters. The van der Waals surface area contributed by atoms with Gasteiger partial charge in [-0.15, -0.1) is 4.80 Å². The summed E-state index contributed by atoms with van der Waals surface area (Å²) in [7, 11) is 0. The number of carboxylic acid groups (broad SMARTS) is 1. The molecule has 0 saturated carbocycles. The number of hydrogen-bond donors (Lipinski definition) is 2. The van der Waals surface area contributed by atoms with Crippen molar-refractivity contribution in [3.05, 3.63) is 36.2 Å². The van der Waals surface area contributed by atoms with Gasteiger partial charge in [-0.1, -0.05) is 0 Å². The van der Waals surface area contributed by atoms with Gasteiger partial charge in [0.2, 0.25) is 0 Å². The molecular weight excluding hydrogens is 198 g/mol. The lowest BCUT2D eigenvalue weighted by molar-refractivity contribution is 0.0696. The Morgan fingerprint density at radius 1 is 1.27 bits per heavy atom. The first kappa shape index (κ1) is 9.20. The van der Waals surface area contributed by atoms with Crippen LogP contribution in [0.5, 0.6) is 5.75 Å². The summed E-state index contributed by atoms with van der Waals surface area (Å²) in [6.45, 7) is 0. The average molecular weight is 205 g/mol. The van der Waals surface area contributed by atoms with Gasteiger partial charge in [-0.25, -0.2) is 4.79 Å². The maximum atomic E-state index is 10.6. The highest BCUT2D eigenvalue weighted by Gasteiger charge is 2.09.